The maximum Gasteiger partial charge on any atom is 0.407 e. The number of carbonyl (C=O) groups is 1. The molecule has 124 valence electrons. The summed E-state index contributed by atoms with van der Waals surface area (Å²) in [6.45, 7) is 8.12. The van der Waals surface area contributed by atoms with E-state index in [1.165, 1.54) is 5.56 Å². The molecular formula is C18H24N2O2S. The second-order valence-electron chi connectivity index (χ2n) is 6.48. The maximum absolute atomic E-state index is 11.7. The van der Waals surface area contributed by atoms with Crippen LogP contribution in [-0.2, 0) is 11.3 Å². The van der Waals surface area contributed by atoms with E-state index in [2.05, 4.69) is 34.4 Å². The highest BCUT2D eigenvalue weighted by Gasteiger charge is 2.15. The molecule has 5 heteroatoms. The topological polar surface area (TPSA) is 50.4 Å². The van der Waals surface area contributed by atoms with Gasteiger partial charge in [-0.2, -0.15) is 11.3 Å². The zero-order valence-electron chi connectivity index (χ0n) is 14.1. The first-order chi connectivity index (χ1) is 10.8. The Balaban J connectivity index is 1.91. The number of amides is 1. The average Bonchev–Trinajstić information content (AvgIpc) is 2.98. The molecule has 0 fully saturated rings. The standard InChI is InChI=1S/C18H24N2O2S/c1-13(15-8-9-23-12-15)20-16-7-5-6-14(10-16)11-19-17(21)22-18(2,3)4/h5-10,12-13,20H,11H2,1-4H3,(H,19,21). The lowest BCUT2D eigenvalue weighted by atomic mass is 10.1. The van der Waals surface area contributed by atoms with Crippen molar-refractivity contribution in [3.63, 3.8) is 0 Å². The molecule has 1 amide bonds. The van der Waals surface area contributed by atoms with Crippen molar-refractivity contribution in [3.8, 4) is 0 Å². The van der Waals surface area contributed by atoms with Crippen LogP contribution in [0.1, 0.15) is 44.9 Å². The molecule has 0 aliphatic rings. The Morgan fingerprint density at radius 1 is 1.30 bits per heavy atom. The number of rotatable bonds is 5. The average molecular weight is 332 g/mol. The lowest BCUT2D eigenvalue weighted by Crippen LogP contribution is -2.32. The number of nitrogens with one attached hydrogen (secondary N) is 2. The van der Waals surface area contributed by atoms with Gasteiger partial charge in [-0.3, -0.25) is 0 Å². The van der Waals surface area contributed by atoms with E-state index in [9.17, 15) is 4.79 Å². The van der Waals surface area contributed by atoms with Crippen LogP contribution in [0.5, 0.6) is 0 Å². The van der Waals surface area contributed by atoms with Gasteiger partial charge in [-0.15, -0.1) is 0 Å². The molecule has 0 spiro atoms. The van der Waals surface area contributed by atoms with Crippen LogP contribution in [0.25, 0.3) is 0 Å². The third-order valence-corrected chi connectivity index (χ3v) is 3.89. The molecule has 0 aliphatic carbocycles. The van der Waals surface area contributed by atoms with Gasteiger partial charge in [-0.25, -0.2) is 4.79 Å². The largest absolute Gasteiger partial charge is 0.444 e. The minimum absolute atomic E-state index is 0.246. The van der Waals surface area contributed by atoms with Crippen LogP contribution in [0.2, 0.25) is 0 Å². The first-order valence-corrected chi connectivity index (χ1v) is 8.62. The third-order valence-electron chi connectivity index (χ3n) is 3.19. The molecule has 0 bridgehead atoms. The number of hydrogen-bond acceptors (Lipinski definition) is 4. The SMILES string of the molecule is CC(Nc1cccc(CNC(=O)OC(C)(C)C)c1)c1ccsc1. The molecule has 4 nitrogen and oxygen atoms in total. The summed E-state index contributed by atoms with van der Waals surface area (Å²) in [6.07, 6.45) is -0.400. The molecule has 23 heavy (non-hydrogen) atoms. The zero-order valence-corrected chi connectivity index (χ0v) is 14.9. The van der Waals surface area contributed by atoms with Crippen molar-refractivity contribution in [2.45, 2.75) is 45.9 Å². The fraction of sp³-hybridized carbons (Fsp3) is 0.389. The zero-order chi connectivity index (χ0) is 16.9. The van der Waals surface area contributed by atoms with Gasteiger partial charge < -0.3 is 15.4 Å². The van der Waals surface area contributed by atoms with Crippen LogP contribution < -0.4 is 10.6 Å². The summed E-state index contributed by atoms with van der Waals surface area (Å²) in [5, 5.41) is 10.5. The van der Waals surface area contributed by atoms with Gasteiger partial charge in [0.15, 0.2) is 0 Å². The van der Waals surface area contributed by atoms with Crippen LogP contribution in [0.3, 0.4) is 0 Å². The minimum atomic E-state index is -0.483. The lowest BCUT2D eigenvalue weighted by molar-refractivity contribution is 0.0523. The van der Waals surface area contributed by atoms with Gasteiger partial charge in [0, 0.05) is 18.3 Å². The van der Waals surface area contributed by atoms with Crippen LogP contribution in [0.4, 0.5) is 10.5 Å². The molecule has 1 heterocycles. The van der Waals surface area contributed by atoms with Gasteiger partial charge in [0.2, 0.25) is 0 Å². The Hall–Kier alpha value is -2.01. The van der Waals surface area contributed by atoms with Crippen molar-refractivity contribution in [3.05, 3.63) is 52.2 Å². The fourth-order valence-electron chi connectivity index (χ4n) is 2.11. The maximum atomic E-state index is 11.7. The van der Waals surface area contributed by atoms with Crippen LogP contribution in [0.15, 0.2) is 41.1 Å². The van der Waals surface area contributed by atoms with Gasteiger partial charge >= 0.3 is 6.09 Å². The van der Waals surface area contributed by atoms with Crippen LogP contribution >= 0.6 is 11.3 Å². The highest BCUT2D eigenvalue weighted by atomic mass is 32.1. The van der Waals surface area contributed by atoms with E-state index in [4.69, 9.17) is 4.74 Å². The van der Waals surface area contributed by atoms with Crippen molar-refractivity contribution in [1.82, 2.24) is 5.32 Å². The van der Waals surface area contributed by atoms with Gasteiger partial charge in [-0.1, -0.05) is 12.1 Å². The van der Waals surface area contributed by atoms with E-state index in [-0.39, 0.29) is 6.04 Å². The highest BCUT2D eigenvalue weighted by Crippen LogP contribution is 2.21. The first-order valence-electron chi connectivity index (χ1n) is 7.68. The molecule has 2 rings (SSSR count). The smallest absolute Gasteiger partial charge is 0.407 e. The third kappa shape index (κ3) is 5.94. The molecule has 1 atom stereocenters. The van der Waals surface area contributed by atoms with Crippen molar-refractivity contribution in [2.24, 2.45) is 0 Å². The van der Waals surface area contributed by atoms with Gasteiger partial charge in [0.05, 0.1) is 0 Å². The number of alkyl carbamates (subject to hydrolysis) is 1. The minimum Gasteiger partial charge on any atom is -0.444 e. The fourth-order valence-corrected chi connectivity index (χ4v) is 2.87. The van der Waals surface area contributed by atoms with Gasteiger partial charge in [0.25, 0.3) is 0 Å². The van der Waals surface area contributed by atoms with E-state index in [0.717, 1.165) is 11.3 Å². The van der Waals surface area contributed by atoms with E-state index in [1.807, 2.05) is 45.0 Å². The van der Waals surface area contributed by atoms with Crippen molar-refractivity contribution >= 4 is 23.1 Å². The second kappa shape index (κ2) is 7.51. The summed E-state index contributed by atoms with van der Waals surface area (Å²) < 4.78 is 5.24. The van der Waals surface area contributed by atoms with Gasteiger partial charge in [-0.05, 0) is 67.8 Å². The summed E-state index contributed by atoms with van der Waals surface area (Å²) in [5.74, 6) is 0. The summed E-state index contributed by atoms with van der Waals surface area (Å²) in [5.41, 5.74) is 2.85. The second-order valence-corrected chi connectivity index (χ2v) is 7.26. The number of carbonyl (C=O) groups excluding carboxylic acids is 1. The van der Waals surface area contributed by atoms with Crippen LogP contribution in [-0.4, -0.2) is 11.7 Å². The molecular weight excluding hydrogens is 308 g/mol. The molecule has 0 saturated heterocycles. The van der Waals surface area contributed by atoms with Crippen molar-refractivity contribution in [1.29, 1.82) is 0 Å². The van der Waals surface area contributed by atoms with Crippen LogP contribution in [0, 0.1) is 0 Å². The summed E-state index contributed by atoms with van der Waals surface area (Å²) in [4.78, 5) is 11.7. The number of ether oxygens (including phenoxy) is 1. The molecule has 1 aromatic heterocycles. The van der Waals surface area contributed by atoms with Crippen molar-refractivity contribution < 1.29 is 9.53 Å². The normalized spacial score (nSPS) is 12.5. The molecule has 2 N–H and O–H groups in total. The first kappa shape index (κ1) is 17.3. The Labute approximate surface area is 141 Å². The predicted octanol–water partition coefficient (Wildman–Crippen LogP) is 4.95. The van der Waals surface area contributed by atoms with E-state index in [0.29, 0.717) is 6.54 Å². The lowest BCUT2D eigenvalue weighted by Gasteiger charge is -2.20. The molecule has 0 aliphatic heterocycles. The van der Waals surface area contributed by atoms with E-state index in [1.54, 1.807) is 11.3 Å². The number of benzene rings is 1. The number of thiophene rings is 1. The Morgan fingerprint density at radius 2 is 2.09 bits per heavy atom. The summed E-state index contributed by atoms with van der Waals surface area (Å²) >= 11 is 1.70. The summed E-state index contributed by atoms with van der Waals surface area (Å²) in [7, 11) is 0. The van der Waals surface area contributed by atoms with Gasteiger partial charge in [0.1, 0.15) is 5.60 Å². The van der Waals surface area contributed by atoms with E-state index >= 15 is 0 Å². The summed E-state index contributed by atoms with van der Waals surface area (Å²) in [6, 6.07) is 10.4. The highest BCUT2D eigenvalue weighted by molar-refractivity contribution is 7.07. The molecule has 0 radical (unpaired) electrons. The number of anilines is 1. The molecule has 2 aromatic rings. The number of hydrogen-bond donors (Lipinski definition) is 2. The van der Waals surface area contributed by atoms with Crippen molar-refractivity contribution in [2.75, 3.05) is 5.32 Å². The Bertz CT molecular complexity index is 633. The Morgan fingerprint density at radius 3 is 2.74 bits per heavy atom. The molecule has 1 unspecified atom stereocenters. The van der Waals surface area contributed by atoms with E-state index < -0.39 is 11.7 Å². The monoisotopic (exact) mass is 332 g/mol. The molecule has 0 saturated carbocycles. The molecule has 1 aromatic carbocycles. The quantitative estimate of drug-likeness (QED) is 0.815. The predicted molar refractivity (Wildman–Crippen MR) is 95.9 cm³/mol. The Kier molecular flexibility index (Phi) is 5.66.